The molecule has 0 fully saturated rings. The van der Waals surface area contributed by atoms with Gasteiger partial charge in [-0.3, -0.25) is 9.63 Å². The summed E-state index contributed by atoms with van der Waals surface area (Å²) in [4.78, 5) is 16.0. The summed E-state index contributed by atoms with van der Waals surface area (Å²) in [7, 11) is 2.77. The number of hydroxylamine groups is 2. The summed E-state index contributed by atoms with van der Waals surface area (Å²) in [5.74, 6) is -1.77. The van der Waals surface area contributed by atoms with Crippen LogP contribution in [0.4, 0.5) is 8.78 Å². The van der Waals surface area contributed by atoms with Crippen LogP contribution in [0.2, 0.25) is 0 Å². The molecule has 1 aromatic rings. The van der Waals surface area contributed by atoms with Crippen LogP contribution in [0.3, 0.4) is 0 Å². The Labute approximate surface area is 86.2 Å². The van der Waals surface area contributed by atoms with Crippen molar-refractivity contribution in [3.05, 3.63) is 35.4 Å². The van der Waals surface area contributed by atoms with Crippen molar-refractivity contribution in [3.8, 4) is 0 Å². The molecule has 0 bridgehead atoms. The molecule has 0 spiro atoms. The van der Waals surface area contributed by atoms with Crippen LogP contribution in [0.1, 0.15) is 5.56 Å². The number of hydrogen-bond acceptors (Lipinski definition) is 2. The average molecular weight is 215 g/mol. The van der Waals surface area contributed by atoms with E-state index in [0.717, 1.165) is 23.3 Å². The third-order valence-electron chi connectivity index (χ3n) is 1.90. The lowest BCUT2D eigenvalue weighted by Gasteiger charge is -2.13. The maximum Gasteiger partial charge on any atom is 0.250 e. The molecule has 5 heteroatoms. The van der Waals surface area contributed by atoms with E-state index in [0.29, 0.717) is 0 Å². The second-order valence-electron chi connectivity index (χ2n) is 3.03. The summed E-state index contributed by atoms with van der Waals surface area (Å²) >= 11 is 0. The minimum atomic E-state index is -0.696. The van der Waals surface area contributed by atoms with Crippen LogP contribution >= 0.6 is 0 Å². The lowest BCUT2D eigenvalue weighted by atomic mass is 10.1. The van der Waals surface area contributed by atoms with Gasteiger partial charge in [0, 0.05) is 13.1 Å². The molecule has 0 aliphatic heterocycles. The monoisotopic (exact) mass is 215 g/mol. The van der Waals surface area contributed by atoms with Gasteiger partial charge in [0.2, 0.25) is 5.91 Å². The van der Waals surface area contributed by atoms with Gasteiger partial charge in [0.05, 0.1) is 13.5 Å². The first-order valence-corrected chi connectivity index (χ1v) is 4.28. The minimum absolute atomic E-state index is 0.0982. The zero-order valence-corrected chi connectivity index (χ0v) is 8.46. The van der Waals surface area contributed by atoms with Gasteiger partial charge >= 0.3 is 0 Å². The van der Waals surface area contributed by atoms with E-state index in [4.69, 9.17) is 0 Å². The standard InChI is InChI=1S/C10H11F2NO2/c1-13(15-2)10(14)5-7-3-8(11)6-9(12)4-7/h3-4,6H,5H2,1-2H3. The SMILES string of the molecule is CON(C)C(=O)Cc1cc(F)cc(F)c1. The second kappa shape index (κ2) is 4.84. The Morgan fingerprint density at radius 3 is 2.33 bits per heavy atom. The van der Waals surface area contributed by atoms with Gasteiger partial charge in [-0.15, -0.1) is 0 Å². The van der Waals surface area contributed by atoms with Crippen molar-refractivity contribution in [1.29, 1.82) is 0 Å². The topological polar surface area (TPSA) is 29.5 Å². The lowest BCUT2D eigenvalue weighted by molar-refractivity contribution is -0.167. The molecule has 0 saturated carbocycles. The number of rotatable bonds is 3. The summed E-state index contributed by atoms with van der Waals surface area (Å²) in [6.45, 7) is 0. The smallest absolute Gasteiger partial charge is 0.250 e. The highest BCUT2D eigenvalue weighted by molar-refractivity contribution is 5.77. The molecule has 15 heavy (non-hydrogen) atoms. The molecule has 0 radical (unpaired) electrons. The number of likely N-dealkylation sites (N-methyl/N-ethyl adjacent to an activating group) is 1. The molecule has 0 aliphatic rings. The third kappa shape index (κ3) is 3.28. The lowest BCUT2D eigenvalue weighted by Crippen LogP contribution is -2.27. The summed E-state index contributed by atoms with van der Waals surface area (Å²) in [5, 5.41) is 1.00. The summed E-state index contributed by atoms with van der Waals surface area (Å²) in [6.07, 6.45) is -0.0982. The number of amides is 1. The van der Waals surface area contributed by atoms with Crippen molar-refractivity contribution in [2.24, 2.45) is 0 Å². The Morgan fingerprint density at radius 2 is 1.87 bits per heavy atom. The highest BCUT2D eigenvalue weighted by Crippen LogP contribution is 2.09. The Kier molecular flexibility index (Phi) is 3.74. The number of nitrogens with zero attached hydrogens (tertiary/aromatic N) is 1. The molecule has 0 unspecified atom stereocenters. The molecular formula is C10H11F2NO2. The number of carbonyl (C=O) groups excluding carboxylic acids is 1. The van der Waals surface area contributed by atoms with E-state index in [2.05, 4.69) is 4.84 Å². The zero-order valence-electron chi connectivity index (χ0n) is 8.46. The molecule has 0 heterocycles. The van der Waals surface area contributed by atoms with Crippen LogP contribution in [0.25, 0.3) is 0 Å². The fraction of sp³-hybridized carbons (Fsp3) is 0.300. The minimum Gasteiger partial charge on any atom is -0.275 e. The van der Waals surface area contributed by atoms with Crippen LogP contribution in [-0.2, 0) is 16.1 Å². The van der Waals surface area contributed by atoms with Crippen molar-refractivity contribution in [2.75, 3.05) is 14.2 Å². The molecule has 0 aromatic heterocycles. The summed E-state index contributed by atoms with van der Waals surface area (Å²) in [6, 6.07) is 2.99. The Balaban J connectivity index is 2.76. The largest absolute Gasteiger partial charge is 0.275 e. The van der Waals surface area contributed by atoms with Crippen molar-refractivity contribution >= 4 is 5.91 Å². The number of carbonyl (C=O) groups is 1. The summed E-state index contributed by atoms with van der Waals surface area (Å²) < 4.78 is 25.5. The van der Waals surface area contributed by atoms with Crippen molar-refractivity contribution < 1.29 is 18.4 Å². The van der Waals surface area contributed by atoms with E-state index in [1.807, 2.05) is 0 Å². The normalized spacial score (nSPS) is 10.1. The van der Waals surface area contributed by atoms with E-state index in [1.165, 1.54) is 14.2 Å². The molecule has 1 rings (SSSR count). The average Bonchev–Trinajstić information content (AvgIpc) is 2.14. The van der Waals surface area contributed by atoms with E-state index in [9.17, 15) is 13.6 Å². The van der Waals surface area contributed by atoms with E-state index in [1.54, 1.807) is 0 Å². The van der Waals surface area contributed by atoms with E-state index in [-0.39, 0.29) is 17.9 Å². The van der Waals surface area contributed by atoms with E-state index < -0.39 is 11.6 Å². The second-order valence-corrected chi connectivity index (χ2v) is 3.03. The van der Waals surface area contributed by atoms with Crippen LogP contribution < -0.4 is 0 Å². The highest BCUT2D eigenvalue weighted by atomic mass is 19.1. The fourth-order valence-corrected chi connectivity index (χ4v) is 1.10. The van der Waals surface area contributed by atoms with Crippen LogP contribution in [-0.4, -0.2) is 25.1 Å². The predicted molar refractivity (Wildman–Crippen MR) is 49.8 cm³/mol. The maximum atomic E-state index is 12.8. The van der Waals surface area contributed by atoms with Gasteiger partial charge in [-0.2, -0.15) is 0 Å². The van der Waals surface area contributed by atoms with Crippen LogP contribution in [0.5, 0.6) is 0 Å². The van der Waals surface area contributed by atoms with Gasteiger partial charge in [-0.25, -0.2) is 13.8 Å². The fourth-order valence-electron chi connectivity index (χ4n) is 1.10. The van der Waals surface area contributed by atoms with E-state index >= 15 is 0 Å². The first-order chi connectivity index (χ1) is 7.02. The molecular weight excluding hydrogens is 204 g/mol. The Morgan fingerprint density at radius 1 is 1.33 bits per heavy atom. The quantitative estimate of drug-likeness (QED) is 0.715. The molecule has 3 nitrogen and oxygen atoms in total. The van der Waals surface area contributed by atoms with Gasteiger partial charge in [-0.05, 0) is 17.7 Å². The predicted octanol–water partition coefficient (Wildman–Crippen LogP) is 1.53. The summed E-state index contributed by atoms with van der Waals surface area (Å²) in [5.41, 5.74) is 0.279. The van der Waals surface area contributed by atoms with Gasteiger partial charge in [0.25, 0.3) is 0 Å². The molecule has 1 amide bonds. The molecule has 82 valence electrons. The number of halogens is 2. The van der Waals surface area contributed by atoms with Crippen LogP contribution in [0.15, 0.2) is 18.2 Å². The molecule has 0 saturated heterocycles. The maximum absolute atomic E-state index is 12.8. The zero-order chi connectivity index (χ0) is 11.4. The Hall–Kier alpha value is -1.49. The van der Waals surface area contributed by atoms with Crippen molar-refractivity contribution in [1.82, 2.24) is 5.06 Å². The van der Waals surface area contributed by atoms with Crippen molar-refractivity contribution in [3.63, 3.8) is 0 Å². The first kappa shape index (κ1) is 11.6. The first-order valence-electron chi connectivity index (χ1n) is 4.28. The van der Waals surface area contributed by atoms with Gasteiger partial charge in [0.15, 0.2) is 0 Å². The molecule has 0 N–H and O–H groups in total. The molecule has 0 aliphatic carbocycles. The highest BCUT2D eigenvalue weighted by Gasteiger charge is 2.10. The van der Waals surface area contributed by atoms with Crippen LogP contribution in [0, 0.1) is 11.6 Å². The molecule has 0 atom stereocenters. The van der Waals surface area contributed by atoms with Gasteiger partial charge in [-0.1, -0.05) is 0 Å². The van der Waals surface area contributed by atoms with Crippen molar-refractivity contribution in [2.45, 2.75) is 6.42 Å². The third-order valence-corrected chi connectivity index (χ3v) is 1.90. The number of benzene rings is 1. The molecule has 1 aromatic carbocycles. The number of hydrogen-bond donors (Lipinski definition) is 0. The Bertz CT molecular complexity index is 348. The van der Waals surface area contributed by atoms with Gasteiger partial charge in [0.1, 0.15) is 11.6 Å². The van der Waals surface area contributed by atoms with Gasteiger partial charge < -0.3 is 0 Å².